The molecule has 0 spiro atoms. The Morgan fingerprint density at radius 2 is 2.12 bits per heavy atom. The van der Waals surface area contributed by atoms with Crippen molar-refractivity contribution in [3.63, 3.8) is 0 Å². The van der Waals surface area contributed by atoms with E-state index in [0.29, 0.717) is 11.6 Å². The molecule has 4 rings (SSSR count). The first kappa shape index (κ1) is 17.4. The van der Waals surface area contributed by atoms with E-state index in [0.717, 1.165) is 53.9 Å². The molecule has 0 amide bonds. The van der Waals surface area contributed by atoms with Crippen molar-refractivity contribution < 1.29 is 4.42 Å². The first-order valence-electron chi connectivity index (χ1n) is 9.17. The van der Waals surface area contributed by atoms with Gasteiger partial charge in [-0.3, -0.25) is 4.90 Å². The molecule has 4 nitrogen and oxygen atoms in total. The van der Waals surface area contributed by atoms with E-state index in [9.17, 15) is 4.79 Å². The second kappa shape index (κ2) is 6.93. The summed E-state index contributed by atoms with van der Waals surface area (Å²) >= 11 is 6.43. The van der Waals surface area contributed by atoms with Gasteiger partial charge in [-0.2, -0.15) is 0 Å². The Morgan fingerprint density at radius 1 is 1.27 bits per heavy atom. The Balaban J connectivity index is 1.73. The Labute approximate surface area is 158 Å². The van der Waals surface area contributed by atoms with E-state index >= 15 is 0 Å². The van der Waals surface area contributed by atoms with Gasteiger partial charge in [0.05, 0.1) is 6.04 Å². The van der Waals surface area contributed by atoms with Crippen LogP contribution in [0.25, 0.3) is 11.0 Å². The lowest BCUT2D eigenvalue weighted by Gasteiger charge is -2.25. The zero-order valence-corrected chi connectivity index (χ0v) is 15.9. The molecule has 0 aliphatic carbocycles. The number of hydrogen-bond donors (Lipinski definition) is 0. The minimum absolute atomic E-state index is 0.300. The van der Waals surface area contributed by atoms with Crippen LogP contribution >= 0.6 is 11.6 Å². The summed E-state index contributed by atoms with van der Waals surface area (Å²) in [7, 11) is 2.09. The molecule has 0 radical (unpaired) electrons. The van der Waals surface area contributed by atoms with Crippen molar-refractivity contribution in [1.29, 1.82) is 0 Å². The number of aryl methyl sites for hydroxylation is 2. The van der Waals surface area contributed by atoms with Crippen LogP contribution in [0, 0.1) is 0 Å². The molecule has 0 N–H and O–H groups in total. The predicted octanol–water partition coefficient (Wildman–Crippen LogP) is 4.68. The monoisotopic (exact) mass is 370 g/mol. The Bertz CT molecular complexity index is 1000. The van der Waals surface area contributed by atoms with Gasteiger partial charge in [0, 0.05) is 42.0 Å². The van der Waals surface area contributed by atoms with E-state index in [4.69, 9.17) is 16.0 Å². The fourth-order valence-corrected chi connectivity index (χ4v) is 4.38. The fraction of sp³-hybridized carbons (Fsp3) is 0.381. The molecule has 136 valence electrons. The van der Waals surface area contributed by atoms with E-state index in [2.05, 4.69) is 34.8 Å². The molecule has 0 saturated carbocycles. The van der Waals surface area contributed by atoms with Crippen molar-refractivity contribution in [2.24, 2.45) is 7.05 Å². The zero-order chi connectivity index (χ0) is 18.3. The molecule has 0 bridgehead atoms. The predicted molar refractivity (Wildman–Crippen MR) is 105 cm³/mol. The number of hydrogen-bond acceptors (Lipinski definition) is 3. The highest BCUT2D eigenvalue weighted by Gasteiger charge is 2.28. The topological polar surface area (TPSA) is 38.4 Å². The Morgan fingerprint density at radius 3 is 2.85 bits per heavy atom. The van der Waals surface area contributed by atoms with Crippen molar-refractivity contribution in [3.8, 4) is 0 Å². The van der Waals surface area contributed by atoms with Gasteiger partial charge < -0.3 is 8.98 Å². The van der Waals surface area contributed by atoms with Gasteiger partial charge in [0.25, 0.3) is 0 Å². The van der Waals surface area contributed by atoms with E-state index < -0.39 is 0 Å². The maximum absolute atomic E-state index is 12.1. The van der Waals surface area contributed by atoms with Crippen LogP contribution in [0.3, 0.4) is 0 Å². The minimum Gasteiger partial charge on any atom is -0.423 e. The first-order valence-corrected chi connectivity index (χ1v) is 9.55. The van der Waals surface area contributed by atoms with Crippen LogP contribution in [-0.4, -0.2) is 16.0 Å². The van der Waals surface area contributed by atoms with Crippen LogP contribution in [0.15, 0.2) is 45.7 Å². The van der Waals surface area contributed by atoms with Gasteiger partial charge in [-0.15, -0.1) is 0 Å². The highest BCUT2D eigenvalue weighted by atomic mass is 35.5. The van der Waals surface area contributed by atoms with Gasteiger partial charge in [-0.1, -0.05) is 18.5 Å². The second-order valence-electron chi connectivity index (χ2n) is 7.06. The SMILES string of the molecule is CCc1cc2oc(=O)cc(CN3CCC[C@@H]3c3cccn3C)c2cc1Cl. The number of halogens is 1. The molecular formula is C21H23ClN2O2. The van der Waals surface area contributed by atoms with Crippen LogP contribution in [0.4, 0.5) is 0 Å². The molecule has 1 fully saturated rings. The number of aromatic nitrogens is 1. The first-order chi connectivity index (χ1) is 12.6. The van der Waals surface area contributed by atoms with Gasteiger partial charge in [-0.05, 0) is 61.2 Å². The minimum atomic E-state index is -0.300. The van der Waals surface area contributed by atoms with Crippen molar-refractivity contribution in [3.05, 3.63) is 68.8 Å². The number of likely N-dealkylation sites (tertiary alicyclic amines) is 1. The highest BCUT2D eigenvalue weighted by molar-refractivity contribution is 6.32. The van der Waals surface area contributed by atoms with E-state index in [1.807, 2.05) is 19.1 Å². The highest BCUT2D eigenvalue weighted by Crippen LogP contribution is 2.34. The molecule has 1 aliphatic rings. The second-order valence-corrected chi connectivity index (χ2v) is 7.46. The molecule has 3 heterocycles. The summed E-state index contributed by atoms with van der Waals surface area (Å²) in [4.78, 5) is 14.6. The van der Waals surface area contributed by atoms with Crippen molar-refractivity contribution in [1.82, 2.24) is 9.47 Å². The van der Waals surface area contributed by atoms with Gasteiger partial charge in [0.2, 0.25) is 0 Å². The van der Waals surface area contributed by atoms with E-state index in [1.165, 1.54) is 5.69 Å². The zero-order valence-electron chi connectivity index (χ0n) is 15.2. The van der Waals surface area contributed by atoms with Crippen molar-refractivity contribution >= 4 is 22.6 Å². The van der Waals surface area contributed by atoms with E-state index in [-0.39, 0.29) is 5.63 Å². The molecule has 3 aromatic rings. The Hall–Kier alpha value is -2.04. The van der Waals surface area contributed by atoms with Crippen LogP contribution in [0.2, 0.25) is 5.02 Å². The number of benzene rings is 1. The third-order valence-corrected chi connectivity index (χ3v) is 5.79. The van der Waals surface area contributed by atoms with Crippen LogP contribution in [0.5, 0.6) is 0 Å². The van der Waals surface area contributed by atoms with Crippen molar-refractivity contribution in [2.45, 2.75) is 38.8 Å². The smallest absolute Gasteiger partial charge is 0.336 e. The van der Waals surface area contributed by atoms with E-state index in [1.54, 1.807) is 6.07 Å². The quantitative estimate of drug-likeness (QED) is 0.625. The van der Waals surface area contributed by atoms with Gasteiger partial charge in [0.15, 0.2) is 0 Å². The molecule has 1 aliphatic heterocycles. The summed E-state index contributed by atoms with van der Waals surface area (Å²) in [6.07, 6.45) is 5.20. The van der Waals surface area contributed by atoms with Gasteiger partial charge in [0.1, 0.15) is 5.58 Å². The third kappa shape index (κ3) is 3.08. The Kier molecular flexibility index (Phi) is 4.63. The summed E-state index contributed by atoms with van der Waals surface area (Å²) in [6.45, 7) is 3.79. The summed E-state index contributed by atoms with van der Waals surface area (Å²) in [6, 6.07) is 10.1. The summed E-state index contributed by atoms with van der Waals surface area (Å²) in [5.41, 5.74) is 3.64. The van der Waals surface area contributed by atoms with Crippen molar-refractivity contribution in [2.75, 3.05) is 6.54 Å². The van der Waals surface area contributed by atoms with Gasteiger partial charge in [-0.25, -0.2) is 4.79 Å². The van der Waals surface area contributed by atoms with Crippen LogP contribution < -0.4 is 5.63 Å². The van der Waals surface area contributed by atoms with Crippen LogP contribution in [0.1, 0.15) is 42.6 Å². The maximum Gasteiger partial charge on any atom is 0.336 e. The van der Waals surface area contributed by atoms with Crippen LogP contribution in [-0.2, 0) is 20.0 Å². The largest absolute Gasteiger partial charge is 0.423 e. The third-order valence-electron chi connectivity index (χ3n) is 5.44. The molecule has 0 unspecified atom stereocenters. The molecule has 26 heavy (non-hydrogen) atoms. The normalized spacial score (nSPS) is 18.0. The number of fused-ring (bicyclic) bond motifs is 1. The molecule has 1 saturated heterocycles. The maximum atomic E-state index is 12.1. The summed E-state index contributed by atoms with van der Waals surface area (Å²) < 4.78 is 7.63. The standard InChI is InChI=1S/C21H23ClN2O2/c1-3-14-10-20-16(12-17(14)22)15(11-21(25)26-20)13-24-9-5-7-19(24)18-6-4-8-23(18)2/h4,6,8,10-12,19H,3,5,7,9,13H2,1-2H3/t19-/m1/s1. The lowest BCUT2D eigenvalue weighted by molar-refractivity contribution is 0.241. The number of rotatable bonds is 4. The lowest BCUT2D eigenvalue weighted by Crippen LogP contribution is -2.24. The molecule has 1 atom stereocenters. The summed E-state index contributed by atoms with van der Waals surface area (Å²) in [5.74, 6) is 0. The average molecular weight is 371 g/mol. The molecule has 5 heteroatoms. The lowest BCUT2D eigenvalue weighted by atomic mass is 10.0. The molecular weight excluding hydrogens is 348 g/mol. The number of nitrogens with zero attached hydrogens (tertiary/aromatic N) is 2. The fourth-order valence-electron chi connectivity index (χ4n) is 4.08. The summed E-state index contributed by atoms with van der Waals surface area (Å²) in [5, 5.41) is 1.67. The van der Waals surface area contributed by atoms with Gasteiger partial charge >= 0.3 is 5.63 Å². The molecule has 2 aromatic heterocycles. The average Bonchev–Trinajstić information content (AvgIpc) is 3.23. The molecule has 1 aromatic carbocycles.